The first-order valence-corrected chi connectivity index (χ1v) is 7.75. The smallest absolute Gasteiger partial charge is 0.241 e. The third-order valence-electron chi connectivity index (χ3n) is 3.51. The van der Waals surface area contributed by atoms with Crippen molar-refractivity contribution in [2.45, 2.75) is 39.4 Å². The first-order chi connectivity index (χ1) is 11.1. The SMILES string of the molecule is CCCN(Cc1noc(CN)n1)C(C)C(=O)Nc1ccccc1. The van der Waals surface area contributed by atoms with E-state index in [1.807, 2.05) is 42.2 Å². The second-order valence-corrected chi connectivity index (χ2v) is 5.31. The molecule has 7 heteroatoms. The van der Waals surface area contributed by atoms with Crippen LogP contribution in [0.25, 0.3) is 0 Å². The summed E-state index contributed by atoms with van der Waals surface area (Å²) in [6.07, 6.45) is 0.921. The van der Waals surface area contributed by atoms with E-state index in [0.29, 0.717) is 18.3 Å². The Bertz CT molecular complexity index is 614. The van der Waals surface area contributed by atoms with Crippen molar-refractivity contribution in [3.05, 3.63) is 42.0 Å². The Morgan fingerprint density at radius 3 is 2.74 bits per heavy atom. The minimum Gasteiger partial charge on any atom is -0.338 e. The van der Waals surface area contributed by atoms with Gasteiger partial charge in [0.25, 0.3) is 0 Å². The lowest BCUT2D eigenvalue weighted by Gasteiger charge is -2.26. The van der Waals surface area contributed by atoms with Crippen LogP contribution in [0.2, 0.25) is 0 Å². The van der Waals surface area contributed by atoms with E-state index in [1.165, 1.54) is 0 Å². The minimum atomic E-state index is -0.310. The summed E-state index contributed by atoms with van der Waals surface area (Å²) in [5.74, 6) is 0.878. The van der Waals surface area contributed by atoms with Crippen LogP contribution >= 0.6 is 0 Å². The van der Waals surface area contributed by atoms with Gasteiger partial charge in [-0.1, -0.05) is 30.3 Å². The normalized spacial score (nSPS) is 12.3. The molecule has 7 nitrogen and oxygen atoms in total. The maximum atomic E-state index is 12.4. The van der Waals surface area contributed by atoms with Gasteiger partial charge in [0.1, 0.15) is 0 Å². The summed E-state index contributed by atoms with van der Waals surface area (Å²) in [7, 11) is 0. The van der Waals surface area contributed by atoms with Gasteiger partial charge in [-0.2, -0.15) is 4.98 Å². The number of nitrogens with two attached hydrogens (primary N) is 1. The number of nitrogens with zero attached hydrogens (tertiary/aromatic N) is 3. The predicted octanol–water partition coefficient (Wildman–Crippen LogP) is 1.77. The number of carbonyl (C=O) groups excluding carboxylic acids is 1. The summed E-state index contributed by atoms with van der Waals surface area (Å²) in [5.41, 5.74) is 6.26. The molecule has 124 valence electrons. The van der Waals surface area contributed by atoms with Gasteiger partial charge < -0.3 is 15.6 Å². The Kier molecular flexibility index (Phi) is 6.25. The van der Waals surface area contributed by atoms with Crippen molar-refractivity contribution in [3.63, 3.8) is 0 Å². The first kappa shape index (κ1) is 17.1. The van der Waals surface area contributed by atoms with Crippen molar-refractivity contribution >= 4 is 11.6 Å². The van der Waals surface area contributed by atoms with Gasteiger partial charge >= 0.3 is 0 Å². The lowest BCUT2D eigenvalue weighted by atomic mass is 10.2. The highest BCUT2D eigenvalue weighted by molar-refractivity contribution is 5.94. The van der Waals surface area contributed by atoms with Crippen LogP contribution in [0.1, 0.15) is 32.0 Å². The fourth-order valence-corrected chi connectivity index (χ4v) is 2.25. The van der Waals surface area contributed by atoms with Crippen molar-refractivity contribution in [2.24, 2.45) is 5.73 Å². The molecular weight excluding hydrogens is 294 g/mol. The monoisotopic (exact) mass is 317 g/mol. The number of anilines is 1. The van der Waals surface area contributed by atoms with E-state index >= 15 is 0 Å². The molecule has 0 spiro atoms. The van der Waals surface area contributed by atoms with Crippen LogP contribution in [0.5, 0.6) is 0 Å². The Morgan fingerprint density at radius 2 is 2.13 bits per heavy atom. The van der Waals surface area contributed by atoms with Crippen molar-refractivity contribution in [1.29, 1.82) is 0 Å². The molecule has 2 rings (SSSR count). The second kappa shape index (κ2) is 8.40. The summed E-state index contributed by atoms with van der Waals surface area (Å²) >= 11 is 0. The summed E-state index contributed by atoms with van der Waals surface area (Å²) in [4.78, 5) is 18.7. The number of aromatic nitrogens is 2. The number of hydrogen-bond acceptors (Lipinski definition) is 6. The van der Waals surface area contributed by atoms with E-state index in [0.717, 1.165) is 18.7 Å². The van der Waals surface area contributed by atoms with E-state index in [9.17, 15) is 4.79 Å². The summed E-state index contributed by atoms with van der Waals surface area (Å²) in [6, 6.07) is 9.10. The van der Waals surface area contributed by atoms with Gasteiger partial charge in [-0.25, -0.2) is 0 Å². The molecule has 0 fully saturated rings. The van der Waals surface area contributed by atoms with Gasteiger partial charge in [0.2, 0.25) is 11.8 Å². The van der Waals surface area contributed by atoms with Crippen LogP contribution in [0.15, 0.2) is 34.9 Å². The molecule has 1 aromatic heterocycles. The van der Waals surface area contributed by atoms with E-state index in [2.05, 4.69) is 22.4 Å². The minimum absolute atomic E-state index is 0.0628. The molecule has 1 aromatic carbocycles. The number of nitrogens with one attached hydrogen (secondary N) is 1. The van der Waals surface area contributed by atoms with Gasteiger partial charge in [0, 0.05) is 5.69 Å². The van der Waals surface area contributed by atoms with Crippen molar-refractivity contribution < 1.29 is 9.32 Å². The quantitative estimate of drug-likeness (QED) is 0.770. The van der Waals surface area contributed by atoms with E-state index < -0.39 is 0 Å². The average molecular weight is 317 g/mol. The Morgan fingerprint density at radius 1 is 1.39 bits per heavy atom. The maximum Gasteiger partial charge on any atom is 0.241 e. The lowest BCUT2D eigenvalue weighted by Crippen LogP contribution is -2.42. The predicted molar refractivity (Wildman–Crippen MR) is 87.4 cm³/mol. The molecule has 0 aliphatic heterocycles. The van der Waals surface area contributed by atoms with Crippen LogP contribution < -0.4 is 11.1 Å². The van der Waals surface area contributed by atoms with Crippen molar-refractivity contribution in [2.75, 3.05) is 11.9 Å². The van der Waals surface area contributed by atoms with Gasteiger partial charge in [-0.05, 0) is 32.0 Å². The Hall–Kier alpha value is -2.25. The molecule has 0 saturated carbocycles. The van der Waals surface area contributed by atoms with Crippen LogP contribution in [0.3, 0.4) is 0 Å². The zero-order valence-electron chi connectivity index (χ0n) is 13.5. The number of benzene rings is 1. The van der Waals surface area contributed by atoms with Gasteiger partial charge in [-0.3, -0.25) is 9.69 Å². The first-order valence-electron chi connectivity index (χ1n) is 7.75. The highest BCUT2D eigenvalue weighted by Gasteiger charge is 2.22. The summed E-state index contributed by atoms with van der Waals surface area (Å²) < 4.78 is 5.02. The van der Waals surface area contributed by atoms with E-state index in [1.54, 1.807) is 0 Å². The number of hydrogen-bond donors (Lipinski definition) is 2. The van der Waals surface area contributed by atoms with Crippen molar-refractivity contribution in [3.8, 4) is 0 Å². The molecule has 23 heavy (non-hydrogen) atoms. The number of carbonyl (C=O) groups is 1. The zero-order chi connectivity index (χ0) is 16.7. The topological polar surface area (TPSA) is 97.3 Å². The fraction of sp³-hybridized carbons (Fsp3) is 0.438. The van der Waals surface area contributed by atoms with Gasteiger partial charge in [0.15, 0.2) is 5.82 Å². The van der Waals surface area contributed by atoms with Crippen LogP contribution in [0, 0.1) is 0 Å². The number of para-hydroxylation sites is 1. The third-order valence-corrected chi connectivity index (χ3v) is 3.51. The standard InChI is InChI=1S/C16H23N5O2/c1-3-9-21(11-14-19-15(10-17)23-20-14)12(2)16(22)18-13-7-5-4-6-8-13/h4-8,12H,3,9-11,17H2,1-2H3,(H,18,22). The highest BCUT2D eigenvalue weighted by atomic mass is 16.5. The Labute approximate surface area is 135 Å². The molecule has 0 radical (unpaired) electrons. The van der Waals surface area contributed by atoms with E-state index in [-0.39, 0.29) is 18.5 Å². The van der Waals surface area contributed by atoms with Crippen LogP contribution in [0.4, 0.5) is 5.69 Å². The molecule has 2 aromatic rings. The van der Waals surface area contributed by atoms with Crippen LogP contribution in [-0.4, -0.2) is 33.5 Å². The highest BCUT2D eigenvalue weighted by Crippen LogP contribution is 2.11. The lowest BCUT2D eigenvalue weighted by molar-refractivity contribution is -0.121. The molecule has 1 heterocycles. The molecule has 0 bridgehead atoms. The largest absolute Gasteiger partial charge is 0.338 e. The third kappa shape index (κ3) is 4.87. The molecule has 1 atom stereocenters. The molecule has 1 unspecified atom stereocenters. The Balaban J connectivity index is 2.01. The molecule has 0 saturated heterocycles. The second-order valence-electron chi connectivity index (χ2n) is 5.31. The molecule has 1 amide bonds. The number of amides is 1. The van der Waals surface area contributed by atoms with Gasteiger partial charge in [-0.15, -0.1) is 0 Å². The molecular formula is C16H23N5O2. The van der Waals surface area contributed by atoms with Crippen molar-refractivity contribution in [1.82, 2.24) is 15.0 Å². The average Bonchev–Trinajstić information content (AvgIpc) is 3.02. The summed E-state index contributed by atoms with van der Waals surface area (Å²) in [6.45, 7) is 5.36. The fourth-order valence-electron chi connectivity index (χ4n) is 2.25. The molecule has 0 aliphatic rings. The molecule has 3 N–H and O–H groups in total. The zero-order valence-corrected chi connectivity index (χ0v) is 13.5. The summed E-state index contributed by atoms with van der Waals surface area (Å²) in [5, 5.41) is 6.81. The maximum absolute atomic E-state index is 12.4. The van der Waals surface area contributed by atoms with E-state index in [4.69, 9.17) is 10.3 Å². The number of rotatable bonds is 8. The molecule has 0 aliphatic carbocycles. The van der Waals surface area contributed by atoms with Gasteiger partial charge in [0.05, 0.1) is 19.1 Å². The van der Waals surface area contributed by atoms with Crippen LogP contribution in [-0.2, 0) is 17.9 Å².